The van der Waals surface area contributed by atoms with Crippen LogP contribution in [-0.4, -0.2) is 24.5 Å². The van der Waals surface area contributed by atoms with E-state index in [0.717, 1.165) is 11.1 Å². The monoisotopic (exact) mass is 434 g/mol. The zero-order valence-electron chi connectivity index (χ0n) is 17.2. The number of nitrogens with zero attached hydrogens (tertiary/aromatic N) is 2. The maximum absolute atomic E-state index is 13.5. The lowest BCUT2D eigenvalue weighted by Crippen LogP contribution is -2.27. The quantitative estimate of drug-likeness (QED) is 0.439. The molecule has 4 rings (SSSR count). The third kappa shape index (κ3) is 4.22. The van der Waals surface area contributed by atoms with Gasteiger partial charge in [0.1, 0.15) is 5.75 Å². The van der Waals surface area contributed by atoms with Crippen molar-refractivity contribution < 1.29 is 17.9 Å². The molecule has 0 aliphatic carbocycles. The average Bonchev–Trinajstić information content (AvgIpc) is 3.21. The fourth-order valence-electron chi connectivity index (χ4n) is 3.56. The van der Waals surface area contributed by atoms with Crippen molar-refractivity contribution >= 4 is 21.7 Å². The first-order chi connectivity index (χ1) is 14.9. The summed E-state index contributed by atoms with van der Waals surface area (Å²) in [5.74, 6) is -0.0927. The number of benzene rings is 3. The van der Waals surface area contributed by atoms with Crippen LogP contribution in [0.1, 0.15) is 36.1 Å². The molecule has 0 bridgehead atoms. The van der Waals surface area contributed by atoms with Gasteiger partial charge in [-0.25, -0.2) is 0 Å². The lowest BCUT2D eigenvalue weighted by atomic mass is 9.99. The highest BCUT2D eigenvalue weighted by atomic mass is 32.2. The summed E-state index contributed by atoms with van der Waals surface area (Å²) in [5.41, 5.74) is 2.95. The molecule has 0 fully saturated rings. The smallest absolute Gasteiger partial charge is 0.308 e. The first-order valence-corrected chi connectivity index (χ1v) is 11.3. The molecule has 0 radical (unpaired) electrons. The van der Waals surface area contributed by atoms with Crippen LogP contribution in [-0.2, 0) is 14.8 Å². The summed E-state index contributed by atoms with van der Waals surface area (Å²) in [6, 6.07) is 22.6. The van der Waals surface area contributed by atoms with Gasteiger partial charge in [0.15, 0.2) is 0 Å². The summed E-state index contributed by atoms with van der Waals surface area (Å²) in [6.07, 6.45) is 0.355. The average molecular weight is 435 g/mol. The normalized spacial score (nSPS) is 16.1. The summed E-state index contributed by atoms with van der Waals surface area (Å²) in [7, 11) is -3.89. The van der Waals surface area contributed by atoms with Gasteiger partial charge >= 0.3 is 5.97 Å². The maximum atomic E-state index is 13.5. The number of sulfonamides is 1. The number of esters is 1. The van der Waals surface area contributed by atoms with E-state index < -0.39 is 22.0 Å². The molecule has 0 aromatic heterocycles. The van der Waals surface area contributed by atoms with Gasteiger partial charge in [-0.3, -0.25) is 4.79 Å². The molecule has 158 valence electrons. The molecule has 1 unspecified atom stereocenters. The second-order valence-electron chi connectivity index (χ2n) is 7.36. The molecule has 0 saturated carbocycles. The van der Waals surface area contributed by atoms with Gasteiger partial charge in [0.05, 0.1) is 16.6 Å². The van der Waals surface area contributed by atoms with E-state index in [0.29, 0.717) is 23.4 Å². The van der Waals surface area contributed by atoms with Crippen molar-refractivity contribution in [2.75, 3.05) is 0 Å². The Morgan fingerprint density at radius 2 is 1.61 bits per heavy atom. The Labute approximate surface area is 181 Å². The Bertz CT molecular complexity index is 1240. The van der Waals surface area contributed by atoms with Crippen molar-refractivity contribution in [2.45, 2.75) is 31.2 Å². The highest BCUT2D eigenvalue weighted by Gasteiger charge is 2.38. The van der Waals surface area contributed by atoms with Crippen LogP contribution >= 0.6 is 0 Å². The number of hydrazone groups is 1. The molecule has 1 aliphatic heterocycles. The van der Waals surface area contributed by atoms with Gasteiger partial charge in [-0.15, -0.1) is 0 Å². The Balaban J connectivity index is 1.81. The number of hydrogen-bond acceptors (Lipinski definition) is 5. The molecule has 7 heteroatoms. The zero-order chi connectivity index (χ0) is 22.0. The lowest BCUT2D eigenvalue weighted by molar-refractivity contribution is -0.131. The van der Waals surface area contributed by atoms with Crippen molar-refractivity contribution in [2.24, 2.45) is 5.10 Å². The Kier molecular flexibility index (Phi) is 5.61. The van der Waals surface area contributed by atoms with Crippen LogP contribution in [0.4, 0.5) is 0 Å². The molecule has 0 spiro atoms. The molecule has 3 aromatic rings. The van der Waals surface area contributed by atoms with Crippen molar-refractivity contribution in [3.63, 3.8) is 0 Å². The second-order valence-corrected chi connectivity index (χ2v) is 9.15. The van der Waals surface area contributed by atoms with Crippen LogP contribution in [0.15, 0.2) is 88.9 Å². The van der Waals surface area contributed by atoms with Crippen molar-refractivity contribution in [1.82, 2.24) is 4.41 Å². The number of ether oxygens (including phenoxy) is 1. The number of rotatable bonds is 5. The Hall–Kier alpha value is -3.45. The molecule has 6 nitrogen and oxygen atoms in total. The maximum Gasteiger partial charge on any atom is 0.308 e. The van der Waals surface area contributed by atoms with Crippen LogP contribution in [0.2, 0.25) is 0 Å². The zero-order valence-corrected chi connectivity index (χ0v) is 18.0. The molecule has 1 aliphatic rings. The van der Waals surface area contributed by atoms with Gasteiger partial charge in [-0.1, -0.05) is 60.2 Å². The standard InChI is InChI=1S/C24H22N2O4S/c1-17-12-14-20(15-13-17)31(28,29)26-23(19-8-4-3-5-9-19)16-22(25-26)21-10-6-7-11-24(21)30-18(2)27/h3-15,23H,16H2,1-2H3. The highest BCUT2D eigenvalue weighted by molar-refractivity contribution is 7.89. The minimum Gasteiger partial charge on any atom is -0.426 e. The molecule has 1 atom stereocenters. The first-order valence-electron chi connectivity index (χ1n) is 9.87. The van der Waals surface area contributed by atoms with Crippen LogP contribution in [0, 0.1) is 6.92 Å². The molecule has 0 saturated heterocycles. The summed E-state index contributed by atoms with van der Waals surface area (Å²) in [4.78, 5) is 11.7. The largest absolute Gasteiger partial charge is 0.426 e. The molecule has 0 amide bonds. The van der Waals surface area contributed by atoms with E-state index in [2.05, 4.69) is 5.10 Å². The summed E-state index contributed by atoms with van der Waals surface area (Å²) >= 11 is 0. The van der Waals surface area contributed by atoms with Crippen molar-refractivity contribution in [1.29, 1.82) is 0 Å². The molecular weight excluding hydrogens is 412 g/mol. The van der Waals surface area contributed by atoms with Crippen molar-refractivity contribution in [3.8, 4) is 5.75 Å². The third-order valence-electron chi connectivity index (χ3n) is 5.07. The Morgan fingerprint density at radius 1 is 0.968 bits per heavy atom. The summed E-state index contributed by atoms with van der Waals surface area (Å²) in [5, 5.41) is 4.53. The molecule has 3 aromatic carbocycles. The van der Waals surface area contributed by atoms with E-state index in [1.54, 1.807) is 48.5 Å². The van der Waals surface area contributed by atoms with Gasteiger partial charge in [0.25, 0.3) is 10.0 Å². The number of aryl methyl sites for hydroxylation is 1. The number of para-hydroxylation sites is 1. The molecular formula is C24H22N2O4S. The van der Waals surface area contributed by atoms with E-state index >= 15 is 0 Å². The van der Waals surface area contributed by atoms with E-state index in [1.807, 2.05) is 37.3 Å². The predicted molar refractivity (Wildman–Crippen MR) is 118 cm³/mol. The summed E-state index contributed by atoms with van der Waals surface area (Å²) < 4.78 is 33.5. The first kappa shape index (κ1) is 20.8. The van der Waals surface area contributed by atoms with E-state index in [4.69, 9.17) is 4.74 Å². The number of carbonyl (C=O) groups is 1. The fraction of sp³-hybridized carbons (Fsp3) is 0.167. The van der Waals surface area contributed by atoms with Gasteiger partial charge in [-0.2, -0.15) is 17.9 Å². The number of hydrogen-bond donors (Lipinski definition) is 0. The SMILES string of the molecule is CC(=O)Oc1ccccc1C1=NN(S(=O)(=O)c2ccc(C)cc2)C(c2ccccc2)C1. The van der Waals surface area contributed by atoms with Gasteiger partial charge < -0.3 is 4.74 Å². The molecule has 31 heavy (non-hydrogen) atoms. The third-order valence-corrected chi connectivity index (χ3v) is 6.77. The Morgan fingerprint density at radius 3 is 2.29 bits per heavy atom. The fourth-order valence-corrected chi connectivity index (χ4v) is 5.00. The predicted octanol–water partition coefficient (Wildman–Crippen LogP) is 4.46. The van der Waals surface area contributed by atoms with Gasteiger partial charge in [-0.05, 0) is 36.8 Å². The second kappa shape index (κ2) is 8.35. The van der Waals surface area contributed by atoms with E-state index in [-0.39, 0.29) is 4.90 Å². The van der Waals surface area contributed by atoms with E-state index in [9.17, 15) is 13.2 Å². The van der Waals surface area contributed by atoms with Crippen LogP contribution in [0.5, 0.6) is 5.75 Å². The van der Waals surface area contributed by atoms with Gasteiger partial charge in [0.2, 0.25) is 0 Å². The van der Waals surface area contributed by atoms with Crippen LogP contribution in [0.3, 0.4) is 0 Å². The summed E-state index contributed by atoms with van der Waals surface area (Å²) in [6.45, 7) is 3.23. The molecule has 1 heterocycles. The lowest BCUT2D eigenvalue weighted by Gasteiger charge is -2.23. The topological polar surface area (TPSA) is 76.0 Å². The van der Waals surface area contributed by atoms with Crippen LogP contribution < -0.4 is 4.74 Å². The highest BCUT2D eigenvalue weighted by Crippen LogP contribution is 2.38. The van der Waals surface area contributed by atoms with E-state index in [1.165, 1.54) is 11.3 Å². The van der Waals surface area contributed by atoms with Crippen LogP contribution in [0.25, 0.3) is 0 Å². The minimum absolute atomic E-state index is 0.178. The van der Waals surface area contributed by atoms with Crippen molar-refractivity contribution in [3.05, 3.63) is 95.6 Å². The molecule has 0 N–H and O–H groups in total. The minimum atomic E-state index is -3.89. The van der Waals surface area contributed by atoms with Gasteiger partial charge in [0, 0.05) is 18.9 Å². The number of carbonyl (C=O) groups excluding carboxylic acids is 1.